The number of rotatable bonds is 2. The minimum Gasteiger partial charge on any atom is -0.355 e. The predicted octanol–water partition coefficient (Wildman–Crippen LogP) is 0.215. The molecule has 2 aliphatic carbocycles. The fraction of sp³-hybridized carbons (Fsp3) is 0.900. The molecule has 2 saturated carbocycles. The van der Waals surface area contributed by atoms with E-state index >= 15 is 0 Å². The number of carbonyl (C=O) groups is 1. The van der Waals surface area contributed by atoms with E-state index in [4.69, 9.17) is 0 Å². The van der Waals surface area contributed by atoms with Crippen LogP contribution in [0.2, 0.25) is 0 Å². The van der Waals surface area contributed by atoms with Crippen LogP contribution in [0.1, 0.15) is 19.8 Å². The molecule has 3 rings (SSSR count). The molecule has 1 heterocycles. The number of nitrogens with one attached hydrogen (secondary N) is 1. The van der Waals surface area contributed by atoms with Crippen molar-refractivity contribution in [2.24, 2.45) is 11.3 Å². The molecule has 4 unspecified atom stereocenters. The maximum atomic E-state index is 11.7. The van der Waals surface area contributed by atoms with Gasteiger partial charge in [0.1, 0.15) is 0 Å². The van der Waals surface area contributed by atoms with Crippen molar-refractivity contribution in [3.63, 3.8) is 0 Å². The molecule has 1 amide bonds. The average molecular weight is 180 g/mol. The molecule has 1 saturated heterocycles. The van der Waals surface area contributed by atoms with Crippen LogP contribution in [-0.2, 0) is 4.79 Å². The summed E-state index contributed by atoms with van der Waals surface area (Å²) in [4.78, 5) is 14.0. The van der Waals surface area contributed by atoms with Crippen LogP contribution in [0.4, 0.5) is 0 Å². The first-order valence-corrected chi connectivity index (χ1v) is 5.20. The van der Waals surface area contributed by atoms with Gasteiger partial charge in [-0.2, -0.15) is 0 Å². The second-order valence-electron chi connectivity index (χ2n) is 4.77. The number of likely N-dealkylation sites (tertiary alicyclic amines) is 1. The van der Waals surface area contributed by atoms with E-state index in [2.05, 4.69) is 17.3 Å². The summed E-state index contributed by atoms with van der Waals surface area (Å²) in [6, 6.07) is 0.934. The minimum absolute atomic E-state index is 0.193. The lowest BCUT2D eigenvalue weighted by Crippen LogP contribution is -2.45. The fourth-order valence-corrected chi connectivity index (χ4v) is 3.37. The number of carbonyl (C=O) groups excluding carboxylic acids is 1. The molecular weight excluding hydrogens is 164 g/mol. The Morgan fingerprint density at radius 2 is 2.38 bits per heavy atom. The Hall–Kier alpha value is -0.570. The van der Waals surface area contributed by atoms with E-state index in [1.165, 1.54) is 12.8 Å². The van der Waals surface area contributed by atoms with Gasteiger partial charge in [0.05, 0.1) is 6.04 Å². The van der Waals surface area contributed by atoms with Crippen molar-refractivity contribution in [2.75, 3.05) is 13.6 Å². The van der Waals surface area contributed by atoms with Gasteiger partial charge in [0, 0.05) is 12.6 Å². The molecule has 0 aromatic heterocycles. The van der Waals surface area contributed by atoms with Crippen molar-refractivity contribution in [1.29, 1.82) is 0 Å². The normalized spacial score (nSPS) is 51.1. The van der Waals surface area contributed by atoms with Gasteiger partial charge < -0.3 is 5.32 Å². The topological polar surface area (TPSA) is 32.3 Å². The second-order valence-corrected chi connectivity index (χ2v) is 4.77. The van der Waals surface area contributed by atoms with E-state index < -0.39 is 0 Å². The third kappa shape index (κ3) is 0.766. The van der Waals surface area contributed by atoms with Crippen molar-refractivity contribution >= 4 is 5.91 Å². The lowest BCUT2D eigenvalue weighted by atomic mass is 10.1. The van der Waals surface area contributed by atoms with Crippen molar-refractivity contribution in [1.82, 2.24) is 10.2 Å². The zero-order chi connectivity index (χ0) is 9.22. The molecule has 0 aromatic rings. The zero-order valence-electron chi connectivity index (χ0n) is 8.21. The Bertz CT molecular complexity index is 276. The van der Waals surface area contributed by atoms with Crippen LogP contribution in [0.25, 0.3) is 0 Å². The van der Waals surface area contributed by atoms with E-state index in [1.807, 2.05) is 6.92 Å². The van der Waals surface area contributed by atoms with E-state index in [9.17, 15) is 4.79 Å². The minimum atomic E-state index is 0.193. The fourth-order valence-electron chi connectivity index (χ4n) is 3.37. The molecule has 72 valence electrons. The Morgan fingerprint density at radius 3 is 2.92 bits per heavy atom. The summed E-state index contributed by atoms with van der Waals surface area (Å²) in [6.07, 6.45) is 2.66. The van der Waals surface area contributed by atoms with Gasteiger partial charge in [-0.15, -0.1) is 0 Å². The SMILES string of the molecule is CCNC(=O)C1C2CC23CC3N1C. The van der Waals surface area contributed by atoms with E-state index in [0.717, 1.165) is 12.6 Å². The molecule has 3 heteroatoms. The third-order valence-corrected chi connectivity index (χ3v) is 4.19. The number of nitrogens with zero attached hydrogens (tertiary/aromatic N) is 1. The van der Waals surface area contributed by atoms with E-state index in [1.54, 1.807) is 0 Å². The van der Waals surface area contributed by atoms with Crippen molar-refractivity contribution < 1.29 is 4.79 Å². The molecule has 0 radical (unpaired) electrons. The van der Waals surface area contributed by atoms with Crippen LogP contribution in [0.15, 0.2) is 0 Å². The molecule has 1 spiro atoms. The highest BCUT2D eigenvalue weighted by Crippen LogP contribution is 2.78. The van der Waals surface area contributed by atoms with Crippen LogP contribution in [0.5, 0.6) is 0 Å². The van der Waals surface area contributed by atoms with Gasteiger partial charge in [-0.1, -0.05) is 0 Å². The van der Waals surface area contributed by atoms with Crippen LogP contribution in [0, 0.1) is 11.3 Å². The van der Waals surface area contributed by atoms with E-state index in [0.29, 0.717) is 11.3 Å². The van der Waals surface area contributed by atoms with Gasteiger partial charge >= 0.3 is 0 Å². The highest BCUT2D eigenvalue weighted by atomic mass is 16.2. The number of piperidine rings is 2. The van der Waals surface area contributed by atoms with Crippen LogP contribution >= 0.6 is 0 Å². The Morgan fingerprint density at radius 1 is 1.62 bits per heavy atom. The lowest BCUT2D eigenvalue weighted by molar-refractivity contribution is -0.126. The maximum Gasteiger partial charge on any atom is 0.237 e. The number of amides is 1. The molecule has 13 heavy (non-hydrogen) atoms. The maximum absolute atomic E-state index is 11.7. The molecule has 1 aliphatic heterocycles. The summed E-state index contributed by atoms with van der Waals surface area (Å²) in [6.45, 7) is 2.74. The summed E-state index contributed by atoms with van der Waals surface area (Å²) >= 11 is 0. The zero-order valence-corrected chi connectivity index (χ0v) is 8.21. The van der Waals surface area contributed by atoms with Gasteiger partial charge in [0.15, 0.2) is 0 Å². The quantitative estimate of drug-likeness (QED) is 0.659. The monoisotopic (exact) mass is 180 g/mol. The molecule has 3 nitrogen and oxygen atoms in total. The summed E-state index contributed by atoms with van der Waals surface area (Å²) in [7, 11) is 2.10. The van der Waals surface area contributed by atoms with Crippen molar-refractivity contribution in [3.8, 4) is 0 Å². The summed E-state index contributed by atoms with van der Waals surface area (Å²) < 4.78 is 0. The number of hydrogen-bond acceptors (Lipinski definition) is 2. The highest BCUT2D eigenvalue weighted by molar-refractivity contribution is 5.84. The summed E-state index contributed by atoms with van der Waals surface area (Å²) in [5.41, 5.74) is 0.616. The molecule has 1 N–H and O–H groups in total. The van der Waals surface area contributed by atoms with Crippen LogP contribution in [0.3, 0.4) is 0 Å². The molecule has 3 fully saturated rings. The summed E-state index contributed by atoms with van der Waals surface area (Å²) in [5.74, 6) is 0.938. The average Bonchev–Trinajstić information content (AvgIpc) is 2.92. The Kier molecular flexibility index (Phi) is 1.25. The highest BCUT2D eigenvalue weighted by Gasteiger charge is 2.80. The second kappa shape index (κ2) is 2.08. The Labute approximate surface area is 78.5 Å². The summed E-state index contributed by atoms with van der Waals surface area (Å²) in [5, 5.41) is 2.93. The van der Waals surface area contributed by atoms with Crippen LogP contribution < -0.4 is 5.32 Å². The van der Waals surface area contributed by atoms with Gasteiger partial charge in [-0.05, 0) is 38.1 Å². The first-order valence-electron chi connectivity index (χ1n) is 5.20. The van der Waals surface area contributed by atoms with Gasteiger partial charge in [-0.25, -0.2) is 0 Å². The third-order valence-electron chi connectivity index (χ3n) is 4.19. The number of hydrogen-bond donors (Lipinski definition) is 1. The lowest BCUT2D eigenvalue weighted by Gasteiger charge is -2.23. The first kappa shape index (κ1) is 7.80. The van der Waals surface area contributed by atoms with Crippen molar-refractivity contribution in [2.45, 2.75) is 31.8 Å². The van der Waals surface area contributed by atoms with Gasteiger partial charge in [0.2, 0.25) is 5.91 Å². The van der Waals surface area contributed by atoms with Gasteiger partial charge in [-0.3, -0.25) is 9.69 Å². The van der Waals surface area contributed by atoms with Crippen molar-refractivity contribution in [3.05, 3.63) is 0 Å². The molecule has 4 atom stereocenters. The first-order chi connectivity index (χ1) is 6.20. The molecule has 0 bridgehead atoms. The van der Waals surface area contributed by atoms with E-state index in [-0.39, 0.29) is 11.9 Å². The standard InChI is InChI=1S/C10H16N2O/c1-3-11-9(13)8-6-4-10(6)5-7(10)12(8)2/h6-8H,3-5H2,1-2H3,(H,11,13). The smallest absolute Gasteiger partial charge is 0.237 e. The predicted molar refractivity (Wildman–Crippen MR) is 49.2 cm³/mol. The number of likely N-dealkylation sites (N-methyl/N-ethyl adjacent to an activating group) is 2. The molecule has 0 aromatic carbocycles. The van der Waals surface area contributed by atoms with Crippen LogP contribution in [-0.4, -0.2) is 36.5 Å². The molecule has 3 aliphatic rings. The van der Waals surface area contributed by atoms with Gasteiger partial charge in [0.25, 0.3) is 0 Å². The Balaban J connectivity index is 1.75. The largest absolute Gasteiger partial charge is 0.355 e. The molecular formula is C10H16N2O.